The van der Waals surface area contributed by atoms with Crippen molar-refractivity contribution in [3.05, 3.63) is 63.7 Å². The van der Waals surface area contributed by atoms with Crippen LogP contribution in [0, 0.1) is 17.0 Å². The molecule has 0 bridgehead atoms. The van der Waals surface area contributed by atoms with Crippen LogP contribution in [0.4, 0.5) is 11.4 Å². The highest BCUT2D eigenvalue weighted by atomic mass is 16.6. The Bertz CT molecular complexity index is 805. The molecule has 8 nitrogen and oxygen atoms in total. The van der Waals surface area contributed by atoms with Crippen LogP contribution in [0.1, 0.15) is 11.1 Å². The highest BCUT2D eigenvalue weighted by Gasteiger charge is 2.14. The van der Waals surface area contributed by atoms with Crippen molar-refractivity contribution in [2.24, 2.45) is 5.10 Å². The second-order valence-corrected chi connectivity index (χ2v) is 5.20. The van der Waals surface area contributed by atoms with Gasteiger partial charge in [0.2, 0.25) is 0 Å². The van der Waals surface area contributed by atoms with Gasteiger partial charge in [-0.3, -0.25) is 14.9 Å². The second-order valence-electron chi connectivity index (χ2n) is 5.20. The van der Waals surface area contributed by atoms with Crippen LogP contribution >= 0.6 is 0 Å². The Kier molecular flexibility index (Phi) is 6.05. The van der Waals surface area contributed by atoms with Crippen molar-refractivity contribution in [1.29, 1.82) is 0 Å². The van der Waals surface area contributed by atoms with Crippen molar-refractivity contribution < 1.29 is 14.5 Å². The van der Waals surface area contributed by atoms with Gasteiger partial charge in [-0.25, -0.2) is 5.43 Å². The van der Waals surface area contributed by atoms with Gasteiger partial charge in [0.1, 0.15) is 0 Å². The van der Waals surface area contributed by atoms with Crippen LogP contribution in [-0.4, -0.2) is 30.7 Å². The monoisotopic (exact) mass is 342 g/mol. The molecular formula is C17H18N4O4. The number of nitro groups is 1. The third kappa shape index (κ3) is 5.31. The molecule has 8 heteroatoms. The quantitative estimate of drug-likeness (QED) is 0.457. The van der Waals surface area contributed by atoms with E-state index in [0.717, 1.165) is 11.3 Å². The molecule has 0 saturated heterocycles. The number of aryl methyl sites for hydroxylation is 1. The van der Waals surface area contributed by atoms with Crippen molar-refractivity contribution in [3.63, 3.8) is 0 Å². The van der Waals surface area contributed by atoms with Crippen LogP contribution in [0.5, 0.6) is 5.75 Å². The van der Waals surface area contributed by atoms with Gasteiger partial charge in [0.25, 0.3) is 5.91 Å². The van der Waals surface area contributed by atoms with Gasteiger partial charge in [0, 0.05) is 17.3 Å². The highest BCUT2D eigenvalue weighted by Crippen LogP contribution is 2.26. The van der Waals surface area contributed by atoms with Gasteiger partial charge in [0.05, 0.1) is 24.8 Å². The molecule has 0 fully saturated rings. The summed E-state index contributed by atoms with van der Waals surface area (Å²) in [6.07, 6.45) is 1.33. The summed E-state index contributed by atoms with van der Waals surface area (Å²) in [6, 6.07) is 12.0. The molecule has 130 valence electrons. The number of hydrogen-bond donors (Lipinski definition) is 2. The summed E-state index contributed by atoms with van der Waals surface area (Å²) in [5.41, 5.74) is 4.59. The first kappa shape index (κ1) is 17.9. The molecular weight excluding hydrogens is 324 g/mol. The summed E-state index contributed by atoms with van der Waals surface area (Å²) in [4.78, 5) is 22.2. The zero-order valence-corrected chi connectivity index (χ0v) is 13.9. The number of ether oxygens (including phenoxy) is 1. The van der Waals surface area contributed by atoms with Crippen molar-refractivity contribution in [1.82, 2.24) is 5.43 Å². The number of benzene rings is 2. The molecule has 2 N–H and O–H groups in total. The number of nitrogens with zero attached hydrogens (tertiary/aromatic N) is 2. The average molecular weight is 342 g/mol. The number of rotatable bonds is 7. The van der Waals surface area contributed by atoms with E-state index in [1.165, 1.54) is 25.5 Å². The Labute approximate surface area is 144 Å². The molecule has 0 aromatic heterocycles. The van der Waals surface area contributed by atoms with Crippen molar-refractivity contribution in [2.45, 2.75) is 6.92 Å². The lowest BCUT2D eigenvalue weighted by Crippen LogP contribution is -2.25. The van der Waals surface area contributed by atoms with Gasteiger partial charge in [-0.15, -0.1) is 0 Å². The van der Waals surface area contributed by atoms with E-state index >= 15 is 0 Å². The minimum atomic E-state index is -0.541. The van der Waals surface area contributed by atoms with Crippen molar-refractivity contribution in [3.8, 4) is 5.75 Å². The van der Waals surface area contributed by atoms with Crippen LogP contribution < -0.4 is 15.5 Å². The normalized spacial score (nSPS) is 10.5. The number of anilines is 1. The summed E-state index contributed by atoms with van der Waals surface area (Å²) in [5.74, 6) is -0.172. The van der Waals surface area contributed by atoms with Crippen molar-refractivity contribution in [2.75, 3.05) is 19.0 Å². The maximum atomic E-state index is 11.8. The Morgan fingerprint density at radius 3 is 2.80 bits per heavy atom. The summed E-state index contributed by atoms with van der Waals surface area (Å²) in [5, 5.41) is 17.7. The maximum absolute atomic E-state index is 11.8. The number of amides is 1. The van der Waals surface area contributed by atoms with E-state index in [1.807, 2.05) is 31.2 Å². The minimum absolute atomic E-state index is 0.0591. The lowest BCUT2D eigenvalue weighted by atomic mass is 10.2. The van der Waals surface area contributed by atoms with Gasteiger partial charge < -0.3 is 10.1 Å². The number of methoxy groups -OCH3 is 1. The third-order valence-electron chi connectivity index (χ3n) is 3.27. The SMILES string of the molecule is COc1ccc(/C=N/NC(=O)CNc2cccc(C)c2)cc1[N+](=O)[O-]. The summed E-state index contributed by atoms with van der Waals surface area (Å²) in [7, 11) is 1.36. The average Bonchev–Trinajstić information content (AvgIpc) is 2.60. The number of carbonyl (C=O) groups is 1. The van der Waals surface area contributed by atoms with Gasteiger partial charge in [-0.1, -0.05) is 12.1 Å². The molecule has 0 spiro atoms. The number of carbonyl (C=O) groups excluding carboxylic acids is 1. The molecule has 25 heavy (non-hydrogen) atoms. The molecule has 2 aromatic carbocycles. The Balaban J connectivity index is 1.91. The number of nitro benzene ring substituents is 1. The first-order valence-corrected chi connectivity index (χ1v) is 7.44. The predicted molar refractivity (Wildman–Crippen MR) is 95.1 cm³/mol. The molecule has 2 rings (SSSR count). The Morgan fingerprint density at radius 2 is 2.12 bits per heavy atom. The first-order chi connectivity index (χ1) is 12.0. The van der Waals surface area contributed by atoms with Crippen LogP contribution in [0.2, 0.25) is 0 Å². The van der Waals surface area contributed by atoms with E-state index in [1.54, 1.807) is 6.07 Å². The topological polar surface area (TPSA) is 106 Å². The number of nitrogens with one attached hydrogen (secondary N) is 2. The fraction of sp³-hybridized carbons (Fsp3) is 0.176. The fourth-order valence-electron chi connectivity index (χ4n) is 2.09. The summed E-state index contributed by atoms with van der Waals surface area (Å²) < 4.78 is 4.92. The molecule has 2 aromatic rings. The standard InChI is InChI=1S/C17H18N4O4/c1-12-4-3-5-14(8-12)18-11-17(22)20-19-10-13-6-7-16(25-2)15(9-13)21(23)24/h3-10,18H,11H2,1-2H3,(H,20,22)/b19-10+. The molecule has 0 saturated carbocycles. The zero-order chi connectivity index (χ0) is 18.2. The second kappa shape index (κ2) is 8.44. The summed E-state index contributed by atoms with van der Waals surface area (Å²) in [6.45, 7) is 2.02. The first-order valence-electron chi connectivity index (χ1n) is 7.44. The van der Waals surface area contributed by atoms with E-state index in [-0.39, 0.29) is 23.9 Å². The number of hydrogen-bond acceptors (Lipinski definition) is 6. The Hall–Kier alpha value is -3.42. The van der Waals surface area contributed by atoms with E-state index in [0.29, 0.717) is 5.56 Å². The predicted octanol–water partition coefficient (Wildman–Crippen LogP) is 2.47. The van der Waals surface area contributed by atoms with Crippen LogP contribution in [0.25, 0.3) is 0 Å². The van der Waals surface area contributed by atoms with E-state index in [2.05, 4.69) is 15.8 Å². The molecule has 0 aliphatic rings. The lowest BCUT2D eigenvalue weighted by Gasteiger charge is -2.06. The van der Waals surface area contributed by atoms with Gasteiger partial charge >= 0.3 is 5.69 Å². The smallest absolute Gasteiger partial charge is 0.311 e. The zero-order valence-electron chi connectivity index (χ0n) is 13.9. The van der Waals surface area contributed by atoms with Crippen LogP contribution in [-0.2, 0) is 4.79 Å². The fourth-order valence-corrected chi connectivity index (χ4v) is 2.09. The van der Waals surface area contributed by atoms with E-state index in [9.17, 15) is 14.9 Å². The third-order valence-corrected chi connectivity index (χ3v) is 3.27. The van der Waals surface area contributed by atoms with Crippen LogP contribution in [0.15, 0.2) is 47.6 Å². The summed E-state index contributed by atoms with van der Waals surface area (Å²) >= 11 is 0. The number of hydrazone groups is 1. The molecule has 0 aliphatic heterocycles. The minimum Gasteiger partial charge on any atom is -0.490 e. The molecule has 0 atom stereocenters. The molecule has 0 heterocycles. The Morgan fingerprint density at radius 1 is 1.32 bits per heavy atom. The lowest BCUT2D eigenvalue weighted by molar-refractivity contribution is -0.385. The maximum Gasteiger partial charge on any atom is 0.311 e. The molecule has 0 unspecified atom stereocenters. The molecule has 0 aliphatic carbocycles. The van der Waals surface area contributed by atoms with Gasteiger partial charge in [-0.05, 0) is 36.8 Å². The molecule has 0 radical (unpaired) electrons. The molecule has 1 amide bonds. The van der Waals surface area contributed by atoms with Crippen LogP contribution in [0.3, 0.4) is 0 Å². The van der Waals surface area contributed by atoms with E-state index in [4.69, 9.17) is 4.74 Å². The van der Waals surface area contributed by atoms with Gasteiger partial charge in [0.15, 0.2) is 5.75 Å². The highest BCUT2D eigenvalue weighted by molar-refractivity contribution is 5.85. The van der Waals surface area contributed by atoms with Crippen molar-refractivity contribution >= 4 is 23.5 Å². The van der Waals surface area contributed by atoms with Gasteiger partial charge in [-0.2, -0.15) is 5.10 Å². The largest absolute Gasteiger partial charge is 0.490 e. The van der Waals surface area contributed by atoms with E-state index < -0.39 is 4.92 Å².